The summed E-state index contributed by atoms with van der Waals surface area (Å²) in [5, 5.41) is 0.364. The lowest BCUT2D eigenvalue weighted by molar-refractivity contribution is -0.143. The first kappa shape index (κ1) is 76.4. The molecule has 6 saturated heterocycles. The van der Waals surface area contributed by atoms with Crippen molar-refractivity contribution in [1.29, 1.82) is 0 Å². The highest BCUT2D eigenvalue weighted by atomic mass is 28.4. The van der Waals surface area contributed by atoms with Crippen LogP contribution in [0, 0.1) is 47.3 Å². The van der Waals surface area contributed by atoms with Gasteiger partial charge in [0, 0.05) is 44.3 Å². The Hall–Kier alpha value is -2.32. The first-order valence-electron chi connectivity index (χ1n) is 34.6. The number of rotatable bonds is 30. The van der Waals surface area contributed by atoms with Gasteiger partial charge in [-0.15, -0.1) is 0 Å². The minimum absolute atomic E-state index is 0.0287. The molecule has 88 heavy (non-hydrogen) atoms. The number of unbranched alkanes of at least 4 members (excludes halogenated alkanes) is 1. The van der Waals surface area contributed by atoms with Crippen LogP contribution in [0.2, 0.25) is 36.3 Å². The van der Waals surface area contributed by atoms with E-state index in [1.807, 2.05) is 0 Å². The van der Waals surface area contributed by atoms with Crippen molar-refractivity contribution in [2.24, 2.45) is 47.3 Å². The SMILES string of the molecule is C=C1C[C@H](CCC=O)OC1CC[C@H]1C[C@@H](C)C(=C)[C@@H](CC2O[C@H](C[C@H](C)CO[Si](C)(C)C(C)(C)C)[C@H](C)[C@H]2CC(=O)OC)O1.C=C1C[C@H](CCCC)OC1CC[C@H]1C[C@@H](C)C(=C)[C@@H](CC2O[C@H](C[C@H](C)CO[Si](C)(C)C(C)(C)C)[C@H](C)[C@H]2CC(=O)OC)O1. The van der Waals surface area contributed by atoms with E-state index in [1.54, 1.807) is 0 Å². The Morgan fingerprint density at radius 3 is 1.28 bits per heavy atom. The molecular weight excluding hydrogens is 1140 g/mol. The van der Waals surface area contributed by atoms with Gasteiger partial charge in [0.05, 0.1) is 100 Å². The van der Waals surface area contributed by atoms with Crippen molar-refractivity contribution >= 4 is 34.9 Å². The number of hydrogen-bond acceptors (Lipinski definition) is 13. The smallest absolute Gasteiger partial charge is 0.305 e. The molecule has 0 bridgehead atoms. The molecule has 4 unspecified atom stereocenters. The van der Waals surface area contributed by atoms with Crippen molar-refractivity contribution in [2.75, 3.05) is 27.4 Å². The van der Waals surface area contributed by atoms with E-state index in [0.717, 1.165) is 120 Å². The molecule has 13 nitrogen and oxygen atoms in total. The fourth-order valence-corrected chi connectivity index (χ4v) is 16.2. The van der Waals surface area contributed by atoms with Crippen LogP contribution in [0.1, 0.15) is 212 Å². The predicted octanol–water partition coefficient (Wildman–Crippen LogP) is 16.9. The van der Waals surface area contributed by atoms with Gasteiger partial charge in [0.15, 0.2) is 16.6 Å². The summed E-state index contributed by atoms with van der Waals surface area (Å²) >= 11 is 0. The Morgan fingerprint density at radius 1 is 0.557 bits per heavy atom. The third-order valence-corrected chi connectivity index (χ3v) is 31.3. The minimum atomic E-state index is -1.83. The van der Waals surface area contributed by atoms with Crippen molar-refractivity contribution in [3.63, 3.8) is 0 Å². The van der Waals surface area contributed by atoms with Gasteiger partial charge in [-0.2, -0.15) is 0 Å². The second kappa shape index (κ2) is 34.2. The van der Waals surface area contributed by atoms with Gasteiger partial charge in [-0.3, -0.25) is 9.59 Å². The molecule has 506 valence electrons. The van der Waals surface area contributed by atoms with E-state index in [-0.39, 0.29) is 113 Å². The van der Waals surface area contributed by atoms with Crippen molar-refractivity contribution in [2.45, 2.75) is 322 Å². The summed E-state index contributed by atoms with van der Waals surface area (Å²) < 4.78 is 63.0. The lowest BCUT2D eigenvalue weighted by atomic mass is 9.79. The molecule has 0 saturated carbocycles. The van der Waals surface area contributed by atoms with Crippen LogP contribution in [0.3, 0.4) is 0 Å². The van der Waals surface area contributed by atoms with Crippen LogP contribution in [0.25, 0.3) is 0 Å². The molecule has 15 heteroatoms. The van der Waals surface area contributed by atoms with Crippen LogP contribution < -0.4 is 0 Å². The zero-order chi connectivity index (χ0) is 65.6. The number of hydrogen-bond donors (Lipinski definition) is 0. The summed E-state index contributed by atoms with van der Waals surface area (Å²) in [5.74, 6) is 1.69. The van der Waals surface area contributed by atoms with Gasteiger partial charge in [-0.05, 0) is 171 Å². The molecule has 20 atom stereocenters. The van der Waals surface area contributed by atoms with E-state index in [9.17, 15) is 14.4 Å². The van der Waals surface area contributed by atoms with Crippen LogP contribution in [0.15, 0.2) is 48.6 Å². The van der Waals surface area contributed by atoms with Crippen LogP contribution in [0.4, 0.5) is 0 Å². The van der Waals surface area contributed by atoms with E-state index in [1.165, 1.54) is 32.6 Å². The Morgan fingerprint density at radius 2 is 0.932 bits per heavy atom. The van der Waals surface area contributed by atoms with Crippen molar-refractivity contribution in [3.8, 4) is 0 Å². The quantitative estimate of drug-likeness (QED) is 0.0292. The van der Waals surface area contributed by atoms with Crippen molar-refractivity contribution in [1.82, 2.24) is 0 Å². The van der Waals surface area contributed by atoms with Gasteiger partial charge in [-0.25, -0.2) is 0 Å². The first-order chi connectivity index (χ1) is 41.1. The van der Waals surface area contributed by atoms with E-state index >= 15 is 0 Å². The molecule has 6 heterocycles. The molecule has 0 aromatic carbocycles. The number of carbonyl (C=O) groups excluding carboxylic acids is 3. The van der Waals surface area contributed by atoms with Gasteiger partial charge in [0.2, 0.25) is 0 Å². The molecule has 0 radical (unpaired) electrons. The average molecular weight is 1270 g/mol. The van der Waals surface area contributed by atoms with Crippen molar-refractivity contribution in [3.05, 3.63) is 48.6 Å². The van der Waals surface area contributed by atoms with Gasteiger partial charge < -0.3 is 51.5 Å². The molecule has 0 N–H and O–H groups in total. The summed E-state index contributed by atoms with van der Waals surface area (Å²) in [6.07, 6.45) is 17.7. The second-order valence-corrected chi connectivity index (χ2v) is 41.1. The van der Waals surface area contributed by atoms with Gasteiger partial charge in [-0.1, -0.05) is 129 Å². The van der Waals surface area contributed by atoms with Crippen LogP contribution >= 0.6 is 0 Å². The predicted molar refractivity (Wildman–Crippen MR) is 360 cm³/mol. The standard InChI is InChI=1S/C37H66O6Si.C36H62O7Si/c1-13-14-15-29-20-26(4)32(41-29)17-16-30-19-25(3)27(5)34(42-30)22-35-31(21-36(38)39-10)28(6)33(43-35)18-24(2)23-40-44(11,12)37(7,8)9;1-23(22-40-44(10,11)36(6,7)8)17-32-27(5)30(20-35(38)39-9)34(43-32)21-33-26(4)24(2)18-29(42-33)14-15-31-25(3)19-28(41-31)13-12-16-37/h24-25,28-35H,4-5,13-23H2,1-3,6-12H3;16,23-24,27-34H,3-4,12-15,17-22H2,1-2,5-11H3/t24-,25+,28+,29-,30-,31+,32?,33+,34+,35?;23-,24+,27+,28-,29-,30+,31?,32+,33+,34?/m00/s1. The normalized spacial score (nSPS) is 33.9. The highest BCUT2D eigenvalue weighted by Gasteiger charge is 2.48. The summed E-state index contributed by atoms with van der Waals surface area (Å²) in [6, 6.07) is 0. The fourth-order valence-electron chi connectivity index (χ4n) is 13.9. The molecule has 0 amide bonds. The Kier molecular flexibility index (Phi) is 29.7. The van der Waals surface area contributed by atoms with E-state index in [0.29, 0.717) is 55.5 Å². The van der Waals surface area contributed by atoms with Gasteiger partial charge >= 0.3 is 11.9 Å². The zero-order valence-corrected chi connectivity index (χ0v) is 61.1. The van der Waals surface area contributed by atoms with E-state index in [2.05, 4.69) is 143 Å². The largest absolute Gasteiger partial charge is 0.469 e. The molecule has 0 aromatic heterocycles. The lowest BCUT2D eigenvalue weighted by Gasteiger charge is -2.38. The maximum Gasteiger partial charge on any atom is 0.305 e. The molecular formula is C73H128O13Si2. The molecule has 6 aliphatic heterocycles. The summed E-state index contributed by atoms with van der Waals surface area (Å²) in [6.45, 7) is 57.6. The Balaban J connectivity index is 0.000000321. The van der Waals surface area contributed by atoms with Gasteiger partial charge in [0.25, 0.3) is 0 Å². The second-order valence-electron chi connectivity index (χ2n) is 31.5. The average Bonchev–Trinajstić information content (AvgIpc) is 4.33. The first-order valence-corrected chi connectivity index (χ1v) is 40.4. The molecule has 0 spiro atoms. The van der Waals surface area contributed by atoms with Crippen LogP contribution in [-0.4, -0.2) is 136 Å². The fraction of sp³-hybridized carbons (Fsp3) is 0.849. The molecule has 0 aliphatic carbocycles. The Labute approximate surface area is 538 Å². The third kappa shape index (κ3) is 21.9. The molecule has 6 rings (SSSR count). The summed E-state index contributed by atoms with van der Waals surface area (Å²) in [4.78, 5) is 35.8. The molecule has 6 aliphatic rings. The summed E-state index contributed by atoms with van der Waals surface area (Å²) in [5.41, 5.74) is 4.63. The minimum Gasteiger partial charge on any atom is -0.469 e. The highest BCUT2D eigenvalue weighted by molar-refractivity contribution is 6.74. The number of aldehydes is 1. The lowest BCUT2D eigenvalue weighted by Crippen LogP contribution is -2.42. The van der Waals surface area contributed by atoms with Crippen LogP contribution in [-0.2, 0) is 61.1 Å². The maximum absolute atomic E-state index is 12.5. The number of methoxy groups -OCH3 is 2. The van der Waals surface area contributed by atoms with Gasteiger partial charge in [0.1, 0.15) is 6.29 Å². The molecule has 6 fully saturated rings. The van der Waals surface area contributed by atoms with E-state index in [4.69, 9.17) is 46.7 Å². The van der Waals surface area contributed by atoms with Crippen LogP contribution in [0.5, 0.6) is 0 Å². The zero-order valence-electron chi connectivity index (χ0n) is 59.1. The third-order valence-electron chi connectivity index (χ3n) is 22.3. The molecule has 0 aromatic rings. The van der Waals surface area contributed by atoms with E-state index < -0.39 is 16.6 Å². The number of esters is 2. The Bertz CT molecular complexity index is 2250. The number of carbonyl (C=O) groups is 3. The monoisotopic (exact) mass is 1270 g/mol. The number of ether oxygens (including phenoxy) is 8. The summed E-state index contributed by atoms with van der Waals surface area (Å²) in [7, 11) is -0.707. The maximum atomic E-state index is 12.5. The highest BCUT2D eigenvalue weighted by Crippen LogP contribution is 2.47. The van der Waals surface area contributed by atoms with Crippen molar-refractivity contribution < 1.29 is 61.1 Å². The topological polar surface area (TPSA) is 144 Å².